The van der Waals surface area contributed by atoms with Crippen molar-refractivity contribution < 1.29 is 0 Å². The molecule has 96 valence electrons. The number of nitrogens with one attached hydrogen (secondary N) is 1. The summed E-state index contributed by atoms with van der Waals surface area (Å²) < 4.78 is 5.34. The maximum Gasteiger partial charge on any atom is 0.148 e. The van der Waals surface area contributed by atoms with Crippen molar-refractivity contribution in [2.24, 2.45) is 5.10 Å². The van der Waals surface area contributed by atoms with E-state index in [-0.39, 0.29) is 0 Å². The molecule has 7 heteroatoms. The number of hydrazone groups is 1. The van der Waals surface area contributed by atoms with Crippen LogP contribution in [0.1, 0.15) is 11.1 Å². The molecule has 0 aliphatic rings. The molecule has 0 fully saturated rings. The maximum absolute atomic E-state index is 9.08. The van der Waals surface area contributed by atoms with Gasteiger partial charge in [0, 0.05) is 3.57 Å². The molecule has 19 heavy (non-hydrogen) atoms. The van der Waals surface area contributed by atoms with E-state index in [1.165, 1.54) is 23.3 Å². The summed E-state index contributed by atoms with van der Waals surface area (Å²) in [5, 5.41) is 14.6. The van der Waals surface area contributed by atoms with Crippen molar-refractivity contribution >= 4 is 57.1 Å². The topological polar surface area (TPSA) is 61.1 Å². The Labute approximate surface area is 133 Å². The smallest absolute Gasteiger partial charge is 0.148 e. The van der Waals surface area contributed by atoms with Gasteiger partial charge in [-0.3, -0.25) is 5.43 Å². The van der Waals surface area contributed by atoms with Crippen LogP contribution in [-0.4, -0.2) is 16.8 Å². The number of nitrogens with zero attached hydrogens (tertiary/aromatic N) is 3. The molecule has 2 rings (SSSR count). The summed E-state index contributed by atoms with van der Waals surface area (Å²) in [4.78, 5) is 0. The Balaban J connectivity index is 2.11. The van der Waals surface area contributed by atoms with Crippen molar-refractivity contribution in [3.05, 3.63) is 39.0 Å². The number of benzene rings is 1. The van der Waals surface area contributed by atoms with Gasteiger partial charge in [-0.25, -0.2) is 0 Å². The average molecular weight is 400 g/mol. The summed E-state index contributed by atoms with van der Waals surface area (Å²) in [7, 11) is 0. The average Bonchev–Trinajstić information content (AvgIpc) is 2.81. The van der Waals surface area contributed by atoms with Crippen LogP contribution in [0.3, 0.4) is 0 Å². The molecule has 2 aromatic rings. The second-order valence-corrected chi connectivity index (χ2v) is 6.25. The lowest BCUT2D eigenvalue weighted by Gasteiger charge is -1.97. The minimum absolute atomic E-state index is 0.553. The molecule has 0 aliphatic carbocycles. The highest BCUT2D eigenvalue weighted by Gasteiger charge is 2.11. The third-order valence-corrected chi connectivity index (χ3v) is 4.41. The second kappa shape index (κ2) is 6.88. The zero-order valence-electron chi connectivity index (χ0n) is 9.92. The van der Waals surface area contributed by atoms with Crippen molar-refractivity contribution in [2.75, 3.05) is 11.7 Å². The first-order valence-electron chi connectivity index (χ1n) is 5.23. The second-order valence-electron chi connectivity index (χ2n) is 3.43. The molecule has 0 radical (unpaired) electrons. The van der Waals surface area contributed by atoms with Crippen LogP contribution in [0.2, 0.25) is 0 Å². The fourth-order valence-electron chi connectivity index (χ4n) is 1.34. The summed E-state index contributed by atoms with van der Waals surface area (Å²) in [6.07, 6.45) is 3.62. The Kier molecular flexibility index (Phi) is 5.18. The van der Waals surface area contributed by atoms with Gasteiger partial charge in [-0.15, -0.1) is 11.8 Å². The van der Waals surface area contributed by atoms with E-state index in [1.807, 2.05) is 30.5 Å². The van der Waals surface area contributed by atoms with Crippen LogP contribution in [-0.2, 0) is 0 Å². The fraction of sp³-hybridized carbons (Fsp3) is 0.0833. The van der Waals surface area contributed by atoms with E-state index < -0.39 is 0 Å². The van der Waals surface area contributed by atoms with Crippen molar-refractivity contribution in [1.29, 1.82) is 5.26 Å². The molecule has 1 aromatic heterocycles. The Bertz CT molecular complexity index is 645. The van der Waals surface area contributed by atoms with Crippen LogP contribution in [0.4, 0.5) is 5.00 Å². The highest BCUT2D eigenvalue weighted by Crippen LogP contribution is 2.29. The van der Waals surface area contributed by atoms with Crippen molar-refractivity contribution in [2.45, 2.75) is 5.03 Å². The van der Waals surface area contributed by atoms with Gasteiger partial charge in [0.25, 0.3) is 0 Å². The van der Waals surface area contributed by atoms with Crippen LogP contribution in [0.25, 0.3) is 0 Å². The molecule has 1 aromatic carbocycles. The standard InChI is InChI=1S/C12H9IN4S2/c1-18-12-10(6-14)11(19-17-12)16-15-7-8-3-2-4-9(13)5-8/h2-5,7,16H,1H3. The van der Waals surface area contributed by atoms with Crippen molar-refractivity contribution in [3.63, 3.8) is 0 Å². The van der Waals surface area contributed by atoms with E-state index in [0.29, 0.717) is 10.6 Å². The monoisotopic (exact) mass is 400 g/mol. The number of hydrogen-bond donors (Lipinski definition) is 1. The van der Waals surface area contributed by atoms with Gasteiger partial charge < -0.3 is 0 Å². The van der Waals surface area contributed by atoms with Crippen LogP contribution in [0, 0.1) is 14.9 Å². The lowest BCUT2D eigenvalue weighted by molar-refractivity contribution is 1.25. The molecule has 0 unspecified atom stereocenters. The van der Waals surface area contributed by atoms with E-state index in [1.54, 1.807) is 6.21 Å². The molecule has 1 N–H and O–H groups in total. The van der Waals surface area contributed by atoms with Crippen LogP contribution >= 0.6 is 45.9 Å². The SMILES string of the molecule is CSc1nsc(NN=Cc2cccc(I)c2)c1C#N. The summed E-state index contributed by atoms with van der Waals surface area (Å²) in [5.74, 6) is 0. The highest BCUT2D eigenvalue weighted by atomic mass is 127. The van der Waals surface area contributed by atoms with E-state index in [4.69, 9.17) is 5.26 Å². The molecule has 4 nitrogen and oxygen atoms in total. The summed E-state index contributed by atoms with van der Waals surface area (Å²) >= 11 is 4.95. The van der Waals surface area contributed by atoms with Crippen molar-refractivity contribution in [1.82, 2.24) is 4.37 Å². The molecule has 0 saturated heterocycles. The van der Waals surface area contributed by atoms with Crippen LogP contribution in [0.5, 0.6) is 0 Å². The Morgan fingerprint density at radius 1 is 1.58 bits per heavy atom. The van der Waals surface area contributed by atoms with Gasteiger partial charge in [-0.1, -0.05) is 12.1 Å². The Hall–Kier alpha value is -1.11. The summed E-state index contributed by atoms with van der Waals surface area (Å²) in [6, 6.07) is 10.1. The zero-order chi connectivity index (χ0) is 13.7. The minimum Gasteiger partial charge on any atom is -0.266 e. The van der Waals surface area contributed by atoms with E-state index in [9.17, 15) is 0 Å². The summed E-state index contributed by atoms with van der Waals surface area (Å²) in [6.45, 7) is 0. The van der Waals surface area contributed by atoms with Crippen molar-refractivity contribution in [3.8, 4) is 6.07 Å². The third-order valence-electron chi connectivity index (χ3n) is 2.19. The van der Waals surface area contributed by atoms with Gasteiger partial charge in [0.1, 0.15) is 21.7 Å². The lowest BCUT2D eigenvalue weighted by Crippen LogP contribution is -1.91. The van der Waals surface area contributed by atoms with Gasteiger partial charge in [0.05, 0.1) is 6.21 Å². The summed E-state index contributed by atoms with van der Waals surface area (Å²) in [5.41, 5.74) is 4.43. The first kappa shape index (κ1) is 14.3. The first-order chi connectivity index (χ1) is 9.24. The predicted molar refractivity (Wildman–Crippen MR) is 89.0 cm³/mol. The number of aromatic nitrogens is 1. The number of hydrogen-bond acceptors (Lipinski definition) is 6. The number of anilines is 1. The van der Waals surface area contributed by atoms with Crippen LogP contribution in [0.15, 0.2) is 34.4 Å². The zero-order valence-corrected chi connectivity index (χ0v) is 13.7. The van der Waals surface area contributed by atoms with Gasteiger partial charge in [0.2, 0.25) is 0 Å². The first-order valence-corrected chi connectivity index (χ1v) is 8.30. The third kappa shape index (κ3) is 3.68. The fourth-order valence-corrected chi connectivity index (χ4v) is 3.33. The Morgan fingerprint density at radius 2 is 2.42 bits per heavy atom. The molecule has 0 spiro atoms. The number of halogens is 1. The molecule has 0 amide bonds. The molecular formula is C12H9IN4S2. The normalized spacial score (nSPS) is 10.6. The molecule has 0 bridgehead atoms. The molecule has 0 atom stereocenters. The quantitative estimate of drug-likeness (QED) is 0.367. The maximum atomic E-state index is 9.08. The largest absolute Gasteiger partial charge is 0.266 e. The van der Waals surface area contributed by atoms with Gasteiger partial charge in [-0.2, -0.15) is 14.7 Å². The lowest BCUT2D eigenvalue weighted by atomic mass is 10.2. The number of nitriles is 1. The Morgan fingerprint density at radius 3 is 3.11 bits per heavy atom. The van der Waals surface area contributed by atoms with Gasteiger partial charge in [-0.05, 0) is 58.1 Å². The molecule has 0 saturated carbocycles. The molecule has 1 heterocycles. The minimum atomic E-state index is 0.553. The highest BCUT2D eigenvalue weighted by molar-refractivity contribution is 14.1. The van der Waals surface area contributed by atoms with Gasteiger partial charge in [0.15, 0.2) is 0 Å². The van der Waals surface area contributed by atoms with Crippen LogP contribution < -0.4 is 5.43 Å². The van der Waals surface area contributed by atoms with Gasteiger partial charge >= 0.3 is 0 Å². The van der Waals surface area contributed by atoms with E-state index in [0.717, 1.165) is 14.2 Å². The van der Waals surface area contributed by atoms with E-state index in [2.05, 4.69) is 43.6 Å². The molecular weight excluding hydrogens is 391 g/mol. The number of rotatable bonds is 4. The predicted octanol–water partition coefficient (Wildman–Crippen LogP) is 3.79. The number of thioether (sulfide) groups is 1. The molecule has 0 aliphatic heterocycles. The van der Waals surface area contributed by atoms with E-state index >= 15 is 0 Å².